The fourth-order valence-electron chi connectivity index (χ4n) is 8.83. The van der Waals surface area contributed by atoms with E-state index in [9.17, 15) is 10.2 Å². The van der Waals surface area contributed by atoms with E-state index in [-0.39, 0.29) is 48.0 Å². The minimum Gasteiger partial charge on any atom is -0.512 e. The minimum absolute atomic E-state index is 0.166. The number of hydrogen-bond acceptors (Lipinski definition) is 6. The number of fused-ring (bicyclic) bond motifs is 6. The summed E-state index contributed by atoms with van der Waals surface area (Å²) < 4.78 is 50.2. The molecule has 0 amide bonds. The van der Waals surface area contributed by atoms with E-state index >= 15 is 9.13 Å². The van der Waals surface area contributed by atoms with E-state index in [1.165, 1.54) is 0 Å². The minimum atomic E-state index is -3.89. The largest absolute Gasteiger partial charge is 0.512 e. The molecule has 0 bridgehead atoms. The van der Waals surface area contributed by atoms with Crippen molar-refractivity contribution in [1.82, 2.24) is 8.88 Å². The lowest BCUT2D eigenvalue weighted by Crippen LogP contribution is -2.35. The first-order valence-electron chi connectivity index (χ1n) is 21.8. The Labute approximate surface area is 380 Å². The van der Waals surface area contributed by atoms with Crippen molar-refractivity contribution in [1.29, 1.82) is 0 Å². The zero-order valence-electron chi connectivity index (χ0n) is 36.1. The van der Waals surface area contributed by atoms with Gasteiger partial charge in [-0.05, 0) is 121 Å². The highest BCUT2D eigenvalue weighted by Gasteiger charge is 2.47. The van der Waals surface area contributed by atoms with Crippen LogP contribution in [0.25, 0.3) is 22.3 Å². The lowest BCUT2D eigenvalue weighted by Gasteiger charge is -2.41. The topological polar surface area (TPSA) is 99.5 Å². The molecule has 5 aromatic rings. The number of hydrogen-bond donors (Lipinski definition) is 2. The molecule has 5 atom stereocenters. The van der Waals surface area contributed by atoms with Crippen molar-refractivity contribution in [2.45, 2.75) is 52.4 Å². The molecule has 64 heavy (non-hydrogen) atoms. The predicted octanol–water partition coefficient (Wildman–Crippen LogP) is 12.5. The zero-order valence-corrected chi connectivity index (χ0v) is 39.9. The molecule has 2 aliphatic carbocycles. The zero-order chi connectivity index (χ0) is 44.4. The van der Waals surface area contributed by atoms with Gasteiger partial charge in [-0.2, -0.15) is 8.88 Å². The van der Waals surface area contributed by atoms with Crippen molar-refractivity contribution < 1.29 is 28.4 Å². The monoisotopic (exact) mass is 924 g/mol. The number of aliphatic hydroxyl groups excluding tert-OH is 1. The third kappa shape index (κ3) is 8.38. The Bertz CT molecular complexity index is 2890. The molecule has 326 valence electrons. The number of phenolic OH excluding ortho intramolecular Hbond substituents is 1. The Morgan fingerprint density at radius 2 is 1.17 bits per heavy atom. The molecule has 9 rings (SSSR count). The van der Waals surface area contributed by atoms with Crippen LogP contribution in [0, 0.1) is 6.92 Å². The van der Waals surface area contributed by atoms with Gasteiger partial charge in [-0.1, -0.05) is 128 Å². The first-order chi connectivity index (χ1) is 31.1. The fourth-order valence-corrected chi connectivity index (χ4v) is 17.5. The standard InChI is InChI=1S/C52H52N2O6P4/c1-4-5-26-44(55)37(3)38-20-8-14-30-48(38)61-53(63(57)50-32-16-10-23-41(50)39-21-6-12-28-46(39)59-63)34-35-54(62-49-31-15-9-25-43(49)52-36(2)19-18-27-45(52)56)64(58)51-33-17-11-24-42(51)40-22-7-13-29-47(40)60-64/h4-5,8-11,14-33,37,55-56,61-62H,6-7,12-13,34-35H2,1-3H3/b5-4-,44-26+. The third-order valence-electron chi connectivity index (χ3n) is 12.1. The highest BCUT2D eigenvalue weighted by Crippen LogP contribution is 2.65. The Kier molecular flexibility index (Phi) is 13.0. The van der Waals surface area contributed by atoms with Gasteiger partial charge >= 0.3 is 15.0 Å². The number of phenols is 1. The molecule has 2 N–H and O–H groups in total. The molecule has 2 heterocycles. The van der Waals surface area contributed by atoms with Crippen LogP contribution in [-0.4, -0.2) is 32.2 Å². The maximum absolute atomic E-state index is 16.3. The number of nitrogens with zero attached hydrogens (tertiary/aromatic N) is 2. The first kappa shape index (κ1) is 44.2. The summed E-state index contributed by atoms with van der Waals surface area (Å²) in [6.07, 6.45) is 17.1. The van der Waals surface area contributed by atoms with E-state index in [0.29, 0.717) is 22.1 Å². The summed E-state index contributed by atoms with van der Waals surface area (Å²) in [4.78, 5) is 0. The quantitative estimate of drug-likeness (QED) is 0.0684. The average molecular weight is 925 g/mol. The molecule has 0 aromatic heterocycles. The second kappa shape index (κ2) is 18.8. The normalized spacial score (nSPS) is 21.1. The van der Waals surface area contributed by atoms with E-state index in [1.807, 2.05) is 163 Å². The van der Waals surface area contributed by atoms with Crippen LogP contribution in [0.15, 0.2) is 175 Å². The summed E-state index contributed by atoms with van der Waals surface area (Å²) in [7, 11) is -8.12. The van der Waals surface area contributed by atoms with Gasteiger partial charge in [-0.3, -0.25) is 9.13 Å². The average Bonchev–Trinajstić information content (AvgIpc) is 3.32. The highest BCUT2D eigenvalue weighted by molar-refractivity contribution is 7.73. The molecule has 2 aliphatic heterocycles. The van der Waals surface area contributed by atoms with Crippen LogP contribution in [-0.2, 0) is 18.2 Å². The summed E-state index contributed by atoms with van der Waals surface area (Å²) in [5.74, 6) is 1.27. The highest BCUT2D eigenvalue weighted by atomic mass is 31.2. The van der Waals surface area contributed by atoms with Crippen molar-refractivity contribution in [2.75, 3.05) is 13.1 Å². The van der Waals surface area contributed by atoms with Crippen LogP contribution in [0.4, 0.5) is 0 Å². The van der Waals surface area contributed by atoms with Crippen LogP contribution in [0.3, 0.4) is 0 Å². The van der Waals surface area contributed by atoms with E-state index in [0.717, 1.165) is 80.8 Å². The lowest BCUT2D eigenvalue weighted by atomic mass is 9.98. The van der Waals surface area contributed by atoms with Crippen LogP contribution < -0.4 is 21.2 Å². The Morgan fingerprint density at radius 1 is 0.672 bits per heavy atom. The van der Waals surface area contributed by atoms with E-state index in [4.69, 9.17) is 9.05 Å². The maximum atomic E-state index is 16.3. The summed E-state index contributed by atoms with van der Waals surface area (Å²) in [6.45, 7) is 6.22. The molecule has 5 aromatic carbocycles. The summed E-state index contributed by atoms with van der Waals surface area (Å²) in [5, 5.41) is 25.5. The second-order valence-corrected chi connectivity index (χ2v) is 23.9. The van der Waals surface area contributed by atoms with Crippen molar-refractivity contribution in [3.63, 3.8) is 0 Å². The van der Waals surface area contributed by atoms with Gasteiger partial charge in [0.15, 0.2) is 0 Å². The Morgan fingerprint density at radius 3 is 1.75 bits per heavy atom. The van der Waals surface area contributed by atoms with Crippen molar-refractivity contribution >= 4 is 64.9 Å². The molecule has 0 spiro atoms. The number of benzene rings is 5. The van der Waals surface area contributed by atoms with Crippen molar-refractivity contribution in [3.8, 4) is 16.9 Å². The Balaban J connectivity index is 1.19. The Hall–Kier alpha value is -5.02. The molecular weight excluding hydrogens is 872 g/mol. The van der Waals surface area contributed by atoms with E-state index < -0.39 is 15.0 Å². The van der Waals surface area contributed by atoms with Crippen LogP contribution >= 0.6 is 32.5 Å². The number of aliphatic hydroxyl groups is 1. The van der Waals surface area contributed by atoms with Crippen LogP contribution in [0.5, 0.6) is 5.75 Å². The molecule has 0 fully saturated rings. The van der Waals surface area contributed by atoms with Gasteiger partial charge in [0, 0.05) is 46.8 Å². The van der Waals surface area contributed by atoms with Gasteiger partial charge < -0.3 is 19.3 Å². The molecule has 5 unspecified atom stereocenters. The molecule has 0 saturated carbocycles. The van der Waals surface area contributed by atoms with Crippen LogP contribution in [0.2, 0.25) is 0 Å². The summed E-state index contributed by atoms with van der Waals surface area (Å²) >= 11 is 0. The van der Waals surface area contributed by atoms with Crippen molar-refractivity contribution in [2.24, 2.45) is 0 Å². The number of aryl methyl sites for hydroxylation is 1. The fraction of sp³-hybridized carbons (Fsp3) is 0.192. The number of aromatic hydroxyl groups is 1. The predicted molar refractivity (Wildman–Crippen MR) is 268 cm³/mol. The molecule has 0 saturated heterocycles. The molecule has 4 aliphatic rings. The SMILES string of the molecule is C/C=C\C=C(\O)C(C)c1ccccc1PN(CCN(Pc1ccccc1-c1c(C)cccc1O)P1(=O)OC2=CCCC=C2c2ccccc21)P1(=O)OC2=CCCC=C2c2ccccc21. The lowest BCUT2D eigenvalue weighted by molar-refractivity contribution is 0.366. The molecule has 0 radical (unpaired) electrons. The summed E-state index contributed by atoms with van der Waals surface area (Å²) in [5.41, 5.74) is 7.05. The smallest absolute Gasteiger partial charge is 0.353 e. The van der Waals surface area contributed by atoms with Gasteiger partial charge in [0.25, 0.3) is 0 Å². The molecule has 12 heteroatoms. The van der Waals surface area contributed by atoms with Gasteiger partial charge in [-0.15, -0.1) is 0 Å². The molecular formula is C52H52N2O6P4. The van der Waals surface area contributed by atoms with E-state index in [1.54, 1.807) is 12.1 Å². The van der Waals surface area contributed by atoms with Gasteiger partial charge in [0.2, 0.25) is 0 Å². The van der Waals surface area contributed by atoms with Gasteiger partial charge in [0.1, 0.15) is 17.3 Å². The first-order valence-corrected chi connectivity index (χ1v) is 26.8. The molecule has 8 nitrogen and oxygen atoms in total. The number of rotatable bonds is 13. The maximum Gasteiger partial charge on any atom is 0.353 e. The van der Waals surface area contributed by atoms with Gasteiger partial charge in [-0.25, -0.2) is 0 Å². The van der Waals surface area contributed by atoms with Crippen LogP contribution in [0.1, 0.15) is 67.7 Å². The van der Waals surface area contributed by atoms with E-state index in [2.05, 4.69) is 12.2 Å². The van der Waals surface area contributed by atoms with Gasteiger partial charge in [0.05, 0.1) is 16.4 Å². The second-order valence-electron chi connectivity index (χ2n) is 16.2. The number of allylic oxidation sites excluding steroid dienone is 10. The third-order valence-corrected chi connectivity index (χ3v) is 21.2. The summed E-state index contributed by atoms with van der Waals surface area (Å²) in [6, 6.07) is 37.1. The van der Waals surface area contributed by atoms with Crippen molar-refractivity contribution in [3.05, 3.63) is 197 Å².